The van der Waals surface area contributed by atoms with Gasteiger partial charge in [-0.05, 0) is 36.8 Å². The SMILES string of the molecule is COc1cc(C)cc(OC)c1OC(=O)c1ccccc1. The third-order valence-electron chi connectivity index (χ3n) is 2.81. The molecule has 0 N–H and O–H groups in total. The summed E-state index contributed by atoms with van der Waals surface area (Å²) in [5.74, 6) is 0.762. The standard InChI is InChI=1S/C16H16O4/c1-11-9-13(18-2)15(14(10-11)19-3)20-16(17)12-7-5-4-6-8-12/h4-10H,1-3H3. The van der Waals surface area contributed by atoms with E-state index in [9.17, 15) is 4.79 Å². The van der Waals surface area contributed by atoms with Gasteiger partial charge in [0.15, 0.2) is 11.5 Å². The fraction of sp³-hybridized carbons (Fsp3) is 0.188. The molecule has 2 aromatic rings. The van der Waals surface area contributed by atoms with E-state index in [1.54, 1.807) is 36.4 Å². The Kier molecular flexibility index (Phi) is 4.25. The summed E-state index contributed by atoms with van der Waals surface area (Å²) in [5.41, 5.74) is 1.43. The maximum absolute atomic E-state index is 12.1. The predicted octanol–water partition coefficient (Wildman–Crippen LogP) is 3.23. The number of esters is 1. The Labute approximate surface area is 117 Å². The number of aryl methyl sites for hydroxylation is 1. The number of carbonyl (C=O) groups excluding carboxylic acids is 1. The molecule has 0 spiro atoms. The van der Waals surface area contributed by atoms with Crippen LogP contribution in [0.3, 0.4) is 0 Å². The number of ether oxygens (including phenoxy) is 3. The van der Waals surface area contributed by atoms with Crippen molar-refractivity contribution in [2.45, 2.75) is 6.92 Å². The van der Waals surface area contributed by atoms with Crippen molar-refractivity contribution in [2.24, 2.45) is 0 Å². The van der Waals surface area contributed by atoms with Crippen LogP contribution in [0, 0.1) is 6.92 Å². The minimum absolute atomic E-state index is 0.287. The molecule has 0 atom stereocenters. The Bertz CT molecular complexity index is 580. The summed E-state index contributed by atoms with van der Waals surface area (Å²) in [5, 5.41) is 0. The second kappa shape index (κ2) is 6.10. The lowest BCUT2D eigenvalue weighted by molar-refractivity contribution is 0.0724. The quantitative estimate of drug-likeness (QED) is 0.633. The Morgan fingerprint density at radius 2 is 1.50 bits per heavy atom. The van der Waals surface area contributed by atoms with Crippen LogP contribution in [-0.2, 0) is 0 Å². The van der Waals surface area contributed by atoms with Gasteiger partial charge in [0.1, 0.15) is 0 Å². The van der Waals surface area contributed by atoms with E-state index in [0.717, 1.165) is 5.56 Å². The van der Waals surface area contributed by atoms with Crippen LogP contribution in [-0.4, -0.2) is 20.2 Å². The molecule has 20 heavy (non-hydrogen) atoms. The van der Waals surface area contributed by atoms with Gasteiger partial charge in [-0.1, -0.05) is 18.2 Å². The van der Waals surface area contributed by atoms with Gasteiger partial charge in [-0.25, -0.2) is 4.79 Å². The van der Waals surface area contributed by atoms with Gasteiger partial charge in [0.25, 0.3) is 0 Å². The third-order valence-corrected chi connectivity index (χ3v) is 2.81. The molecule has 0 saturated heterocycles. The van der Waals surface area contributed by atoms with E-state index in [0.29, 0.717) is 17.1 Å². The Morgan fingerprint density at radius 3 is 2.00 bits per heavy atom. The van der Waals surface area contributed by atoms with Crippen molar-refractivity contribution in [2.75, 3.05) is 14.2 Å². The molecule has 0 bridgehead atoms. The summed E-state index contributed by atoms with van der Waals surface area (Å²) in [4.78, 5) is 12.1. The van der Waals surface area contributed by atoms with Crippen molar-refractivity contribution < 1.29 is 19.0 Å². The van der Waals surface area contributed by atoms with Crippen molar-refractivity contribution >= 4 is 5.97 Å². The lowest BCUT2D eigenvalue weighted by Gasteiger charge is -2.14. The molecular formula is C16H16O4. The van der Waals surface area contributed by atoms with Crippen LogP contribution < -0.4 is 14.2 Å². The second-order valence-corrected chi connectivity index (χ2v) is 4.25. The molecule has 2 aromatic carbocycles. The van der Waals surface area contributed by atoms with E-state index >= 15 is 0 Å². The van der Waals surface area contributed by atoms with Crippen molar-refractivity contribution in [3.63, 3.8) is 0 Å². The van der Waals surface area contributed by atoms with Gasteiger partial charge in [0.05, 0.1) is 19.8 Å². The van der Waals surface area contributed by atoms with Gasteiger partial charge in [0, 0.05) is 0 Å². The Hall–Kier alpha value is -2.49. The van der Waals surface area contributed by atoms with Gasteiger partial charge in [-0.2, -0.15) is 0 Å². The maximum Gasteiger partial charge on any atom is 0.343 e. The van der Waals surface area contributed by atoms with E-state index in [2.05, 4.69) is 0 Å². The summed E-state index contributed by atoms with van der Waals surface area (Å²) in [6.45, 7) is 1.91. The lowest BCUT2D eigenvalue weighted by Crippen LogP contribution is -2.10. The highest BCUT2D eigenvalue weighted by Gasteiger charge is 2.17. The monoisotopic (exact) mass is 272 g/mol. The molecule has 0 saturated carbocycles. The summed E-state index contributed by atoms with van der Waals surface area (Å²) in [6, 6.07) is 12.3. The molecule has 0 aliphatic rings. The molecule has 0 aliphatic heterocycles. The zero-order valence-corrected chi connectivity index (χ0v) is 11.7. The molecule has 0 aliphatic carbocycles. The highest BCUT2D eigenvalue weighted by atomic mass is 16.6. The maximum atomic E-state index is 12.1. The van der Waals surface area contributed by atoms with Crippen LogP contribution in [0.5, 0.6) is 17.2 Å². The third kappa shape index (κ3) is 2.91. The number of benzene rings is 2. The molecule has 0 amide bonds. The molecule has 4 heteroatoms. The molecule has 0 fully saturated rings. The topological polar surface area (TPSA) is 44.8 Å². The van der Waals surface area contributed by atoms with E-state index in [4.69, 9.17) is 14.2 Å². The van der Waals surface area contributed by atoms with E-state index in [-0.39, 0.29) is 5.75 Å². The zero-order chi connectivity index (χ0) is 14.5. The molecule has 0 radical (unpaired) electrons. The van der Waals surface area contributed by atoms with Crippen LogP contribution in [0.15, 0.2) is 42.5 Å². The Morgan fingerprint density at radius 1 is 0.950 bits per heavy atom. The highest BCUT2D eigenvalue weighted by Crippen LogP contribution is 2.38. The minimum Gasteiger partial charge on any atom is -0.493 e. The fourth-order valence-corrected chi connectivity index (χ4v) is 1.84. The zero-order valence-electron chi connectivity index (χ0n) is 11.7. The molecule has 0 aromatic heterocycles. The largest absolute Gasteiger partial charge is 0.493 e. The summed E-state index contributed by atoms with van der Waals surface area (Å²) < 4.78 is 15.9. The number of carbonyl (C=O) groups is 1. The summed E-state index contributed by atoms with van der Waals surface area (Å²) in [6.07, 6.45) is 0. The van der Waals surface area contributed by atoms with Gasteiger partial charge < -0.3 is 14.2 Å². The highest BCUT2D eigenvalue weighted by molar-refractivity contribution is 5.91. The first-order valence-corrected chi connectivity index (χ1v) is 6.15. The van der Waals surface area contributed by atoms with Crippen LogP contribution >= 0.6 is 0 Å². The number of methoxy groups -OCH3 is 2. The van der Waals surface area contributed by atoms with Crippen LogP contribution in [0.1, 0.15) is 15.9 Å². The molecule has 0 unspecified atom stereocenters. The molecule has 4 nitrogen and oxygen atoms in total. The van der Waals surface area contributed by atoms with Gasteiger partial charge >= 0.3 is 5.97 Å². The summed E-state index contributed by atoms with van der Waals surface area (Å²) in [7, 11) is 3.04. The van der Waals surface area contributed by atoms with Crippen LogP contribution in [0.25, 0.3) is 0 Å². The van der Waals surface area contributed by atoms with Crippen molar-refractivity contribution in [3.8, 4) is 17.2 Å². The van der Waals surface area contributed by atoms with Gasteiger partial charge in [-0.3, -0.25) is 0 Å². The predicted molar refractivity (Wildman–Crippen MR) is 75.7 cm³/mol. The first-order chi connectivity index (χ1) is 9.65. The van der Waals surface area contributed by atoms with Crippen molar-refractivity contribution in [1.29, 1.82) is 0 Å². The van der Waals surface area contributed by atoms with E-state index in [1.165, 1.54) is 14.2 Å². The van der Waals surface area contributed by atoms with E-state index < -0.39 is 5.97 Å². The average molecular weight is 272 g/mol. The smallest absolute Gasteiger partial charge is 0.343 e. The first-order valence-electron chi connectivity index (χ1n) is 6.15. The Balaban J connectivity index is 2.35. The number of hydrogen-bond donors (Lipinski definition) is 0. The number of hydrogen-bond acceptors (Lipinski definition) is 4. The van der Waals surface area contributed by atoms with E-state index in [1.807, 2.05) is 13.0 Å². The number of rotatable bonds is 4. The van der Waals surface area contributed by atoms with Crippen LogP contribution in [0.2, 0.25) is 0 Å². The minimum atomic E-state index is -0.453. The van der Waals surface area contributed by atoms with Crippen molar-refractivity contribution in [1.82, 2.24) is 0 Å². The lowest BCUT2D eigenvalue weighted by atomic mass is 10.2. The van der Waals surface area contributed by atoms with Crippen molar-refractivity contribution in [3.05, 3.63) is 53.6 Å². The average Bonchev–Trinajstić information content (AvgIpc) is 2.49. The first kappa shape index (κ1) is 13.9. The summed E-state index contributed by atoms with van der Waals surface area (Å²) >= 11 is 0. The van der Waals surface area contributed by atoms with Gasteiger partial charge in [0.2, 0.25) is 5.75 Å². The normalized spacial score (nSPS) is 9.95. The molecule has 0 heterocycles. The fourth-order valence-electron chi connectivity index (χ4n) is 1.84. The van der Waals surface area contributed by atoms with Crippen LogP contribution in [0.4, 0.5) is 0 Å². The van der Waals surface area contributed by atoms with Gasteiger partial charge in [-0.15, -0.1) is 0 Å². The second-order valence-electron chi connectivity index (χ2n) is 4.25. The molecule has 104 valence electrons. The molecule has 2 rings (SSSR count). The molecular weight excluding hydrogens is 256 g/mol.